The van der Waals surface area contributed by atoms with E-state index in [-0.39, 0.29) is 108 Å². The summed E-state index contributed by atoms with van der Waals surface area (Å²) in [5.41, 5.74) is 2.32. The van der Waals surface area contributed by atoms with E-state index in [4.69, 9.17) is 5.41 Å². The number of allylic oxidation sites excluding steroid dienone is 11. The van der Waals surface area contributed by atoms with Gasteiger partial charge in [0.1, 0.15) is 12.1 Å². The zero-order valence-corrected chi connectivity index (χ0v) is 50.4. The Morgan fingerprint density at radius 2 is 1.30 bits per heavy atom. The highest BCUT2D eigenvalue weighted by atomic mass is 32.2. The van der Waals surface area contributed by atoms with Crippen molar-refractivity contribution >= 4 is 71.0 Å². The number of carboxylic acid groups (broad SMARTS) is 4. The third-order valence-corrected chi connectivity index (χ3v) is 15.7. The number of carbonyl (C=O) groups is 9. The molecule has 9 N–H and O–H groups in total. The molecule has 2 aromatic rings. The molecule has 0 spiro atoms. The predicted molar refractivity (Wildman–Crippen MR) is 332 cm³/mol. The topological polar surface area (TPSA) is 323 Å². The number of aliphatic carboxylic acids is 4. The molecular formula is C63H84N10O13S. The van der Waals surface area contributed by atoms with E-state index in [2.05, 4.69) is 40.0 Å². The number of unbranched alkanes of at least 4 members (excludes halogenated alkanes) is 1. The lowest BCUT2D eigenvalue weighted by Crippen LogP contribution is -2.53. The second-order valence-corrected chi connectivity index (χ2v) is 23.3. The van der Waals surface area contributed by atoms with Crippen molar-refractivity contribution in [3.8, 4) is 0 Å². The molecule has 2 heterocycles. The molecule has 5 amide bonds. The van der Waals surface area contributed by atoms with E-state index in [9.17, 15) is 63.6 Å². The summed E-state index contributed by atoms with van der Waals surface area (Å²) in [7, 11) is 0. The number of imide groups is 1. The molecule has 0 radical (unpaired) electrons. The Balaban J connectivity index is 1.13. The number of carboxylic acids is 4. The molecule has 0 saturated carbocycles. The Kier molecular flexibility index (Phi) is 30.1. The fourth-order valence-corrected chi connectivity index (χ4v) is 11.2. The van der Waals surface area contributed by atoms with E-state index in [1.54, 1.807) is 64.4 Å². The molecule has 470 valence electrons. The van der Waals surface area contributed by atoms with E-state index < -0.39 is 71.5 Å². The Hall–Kier alpha value is -8.03. The van der Waals surface area contributed by atoms with Crippen LogP contribution in [0.2, 0.25) is 0 Å². The van der Waals surface area contributed by atoms with Crippen molar-refractivity contribution in [1.82, 2.24) is 45.8 Å². The van der Waals surface area contributed by atoms with Gasteiger partial charge in [0.15, 0.2) is 0 Å². The number of thioether (sulfide) groups is 1. The first-order valence-electron chi connectivity index (χ1n) is 29.4. The minimum absolute atomic E-state index is 0.0282. The highest BCUT2D eigenvalue weighted by molar-refractivity contribution is 8.00. The van der Waals surface area contributed by atoms with Gasteiger partial charge in [-0.2, -0.15) is 0 Å². The largest absolute Gasteiger partial charge is 0.480 e. The number of hydrogen-bond acceptors (Lipinski definition) is 15. The van der Waals surface area contributed by atoms with Gasteiger partial charge in [-0.3, -0.25) is 63.4 Å². The monoisotopic (exact) mass is 1220 g/mol. The maximum Gasteiger partial charge on any atom is 0.326 e. The van der Waals surface area contributed by atoms with Crippen molar-refractivity contribution in [2.45, 2.75) is 88.6 Å². The SMILES string of the molecule is CC(C)CN1CCN(CC(=O)O)CCN(CC(=O)O)CC(Cc2ccc(C(=O)NC(Cc3ccccc3)C(=O)NCC(=O)NC(CCCCN3C(=O)CC(SCCCC(=N)NC4=C/C=C\C=C/C=C\C=C/C=C\4)C3=O)C(=O)O)cc2)N(CC(=O)O)CC1. The highest BCUT2D eigenvalue weighted by Gasteiger charge is 2.38. The summed E-state index contributed by atoms with van der Waals surface area (Å²) >= 11 is 1.37. The summed E-state index contributed by atoms with van der Waals surface area (Å²) in [5, 5.41) is 58.3. The molecule has 1 aliphatic carbocycles. The van der Waals surface area contributed by atoms with Crippen LogP contribution >= 0.6 is 11.8 Å². The number of nitrogens with zero attached hydrogens (tertiary/aromatic N) is 5. The number of rotatable bonds is 30. The quantitative estimate of drug-likeness (QED) is 0.0232. The zero-order chi connectivity index (χ0) is 63.1. The molecule has 2 fully saturated rings. The first-order valence-corrected chi connectivity index (χ1v) is 30.4. The van der Waals surface area contributed by atoms with Gasteiger partial charge in [-0.05, 0) is 79.2 Å². The minimum atomic E-state index is -1.35. The molecule has 2 aromatic carbocycles. The van der Waals surface area contributed by atoms with Crippen LogP contribution in [-0.4, -0.2) is 218 Å². The van der Waals surface area contributed by atoms with Crippen LogP contribution in [0.4, 0.5) is 0 Å². The van der Waals surface area contributed by atoms with Crippen molar-refractivity contribution < 1.29 is 63.6 Å². The van der Waals surface area contributed by atoms with Crippen molar-refractivity contribution in [2.24, 2.45) is 5.92 Å². The molecule has 87 heavy (non-hydrogen) atoms. The molecule has 5 rings (SSSR count). The van der Waals surface area contributed by atoms with Crippen molar-refractivity contribution in [2.75, 3.05) is 90.8 Å². The Bertz CT molecular complexity index is 2860. The van der Waals surface area contributed by atoms with E-state index >= 15 is 0 Å². The van der Waals surface area contributed by atoms with Gasteiger partial charge in [-0.15, -0.1) is 11.8 Å². The fourth-order valence-electron chi connectivity index (χ4n) is 10.1. The molecule has 2 aliphatic heterocycles. The molecule has 2 saturated heterocycles. The van der Waals surface area contributed by atoms with Crippen LogP contribution in [0.5, 0.6) is 0 Å². The van der Waals surface area contributed by atoms with Gasteiger partial charge in [0, 0.05) is 95.5 Å². The van der Waals surface area contributed by atoms with Gasteiger partial charge in [0.2, 0.25) is 23.6 Å². The zero-order valence-electron chi connectivity index (χ0n) is 49.6. The minimum Gasteiger partial charge on any atom is -0.480 e. The number of amidine groups is 1. The Labute approximate surface area is 512 Å². The smallest absolute Gasteiger partial charge is 0.326 e. The lowest BCUT2D eigenvalue weighted by Gasteiger charge is -2.38. The number of likely N-dealkylation sites (tertiary alicyclic amines) is 1. The third-order valence-electron chi connectivity index (χ3n) is 14.4. The van der Waals surface area contributed by atoms with Gasteiger partial charge < -0.3 is 46.6 Å². The van der Waals surface area contributed by atoms with E-state index in [0.29, 0.717) is 68.3 Å². The Morgan fingerprint density at radius 1 is 0.678 bits per heavy atom. The molecule has 0 aromatic heterocycles. The van der Waals surface area contributed by atoms with Gasteiger partial charge in [0.05, 0.1) is 37.3 Å². The summed E-state index contributed by atoms with van der Waals surface area (Å²) < 4.78 is 0. The maximum atomic E-state index is 13.9. The molecule has 23 nitrogen and oxygen atoms in total. The molecular weight excluding hydrogens is 1140 g/mol. The molecule has 4 unspecified atom stereocenters. The average Bonchev–Trinajstić information content (AvgIpc) is 3.88. The second-order valence-electron chi connectivity index (χ2n) is 22.0. The maximum absolute atomic E-state index is 13.9. The van der Waals surface area contributed by atoms with Crippen molar-refractivity contribution in [3.05, 3.63) is 144 Å². The Morgan fingerprint density at radius 3 is 1.95 bits per heavy atom. The van der Waals surface area contributed by atoms with Gasteiger partial charge in [0.25, 0.3) is 5.91 Å². The first kappa shape index (κ1) is 69.7. The van der Waals surface area contributed by atoms with Crippen molar-refractivity contribution in [3.63, 3.8) is 0 Å². The predicted octanol–water partition coefficient (Wildman–Crippen LogP) is 3.81. The molecule has 24 heteroatoms. The van der Waals surface area contributed by atoms with Crippen molar-refractivity contribution in [1.29, 1.82) is 5.41 Å². The van der Waals surface area contributed by atoms with Crippen LogP contribution in [0.3, 0.4) is 0 Å². The average molecular weight is 1220 g/mol. The van der Waals surface area contributed by atoms with Crippen LogP contribution in [0.15, 0.2) is 127 Å². The number of amides is 5. The summed E-state index contributed by atoms with van der Waals surface area (Å²) in [6, 6.07) is 12.3. The summed E-state index contributed by atoms with van der Waals surface area (Å²) in [6.45, 7) is 5.77. The summed E-state index contributed by atoms with van der Waals surface area (Å²) in [4.78, 5) is 124. The van der Waals surface area contributed by atoms with Crippen LogP contribution in [0.1, 0.15) is 73.9 Å². The summed E-state index contributed by atoms with van der Waals surface area (Å²) in [6.07, 6.45) is 22.7. The summed E-state index contributed by atoms with van der Waals surface area (Å²) in [5.74, 6) is -6.12. The lowest BCUT2D eigenvalue weighted by atomic mass is 10.0. The number of nitrogens with one attached hydrogen (secondary N) is 5. The van der Waals surface area contributed by atoms with Crippen LogP contribution in [0.25, 0.3) is 0 Å². The lowest BCUT2D eigenvalue weighted by molar-refractivity contribution is -0.142. The van der Waals surface area contributed by atoms with Crippen LogP contribution < -0.4 is 21.3 Å². The molecule has 4 atom stereocenters. The first-order chi connectivity index (χ1) is 41.7. The molecule has 3 aliphatic rings. The fraction of sp³-hybridized carbons (Fsp3) is 0.460. The standard InChI is InChI=1S/C63H84N10O13S/c1-45(2)40-69-29-30-70(42-57(76)77)31-32-71(43-58(78)79)41-50(72(34-33-69)44-59(80)81)36-47-24-26-48(27-25-47)60(82)68-52(37-46-18-11-10-12-19-46)61(83)65-39-55(74)67-51(63(85)86)22-15-16-28-73-56(75)38-53(62(73)84)87-35-17-23-54(64)66-49-20-13-8-6-4-3-5-7-9-14-21-49/h3-14,18-21,24-27,45,50-53H,15-17,22-23,28-44H2,1-2H3,(H2,64,66)(H,65,83)(H,67,74)(H,68,82)(H,76,77)(H,78,79)(H,80,81)(H,85,86)/b4-3-,5-3?,6-4?,7-5-,8-6-,9-7?,13-8?,14-9-,20-13-,21-14?,49-20?,49-21+. The van der Waals surface area contributed by atoms with Crippen LogP contribution in [-0.2, 0) is 51.2 Å². The second kappa shape index (κ2) is 37.5. The van der Waals surface area contributed by atoms with Gasteiger partial charge in [-0.25, -0.2) is 4.79 Å². The van der Waals surface area contributed by atoms with E-state index in [1.807, 2.05) is 71.7 Å². The van der Waals surface area contributed by atoms with E-state index in [0.717, 1.165) is 5.70 Å². The third kappa shape index (κ3) is 26.6. The number of carbonyl (C=O) groups excluding carboxylic acids is 5. The van der Waals surface area contributed by atoms with E-state index in [1.165, 1.54) is 16.7 Å². The van der Waals surface area contributed by atoms with Gasteiger partial charge >= 0.3 is 23.9 Å². The normalized spacial score (nSPS) is 20.8. The number of hydrogen-bond donors (Lipinski definition) is 9. The van der Waals surface area contributed by atoms with Gasteiger partial charge in [-0.1, -0.05) is 111 Å². The molecule has 0 bridgehead atoms. The number of benzene rings is 2. The highest BCUT2D eigenvalue weighted by Crippen LogP contribution is 2.27. The van der Waals surface area contributed by atoms with Crippen LogP contribution in [0, 0.1) is 11.3 Å².